The maximum Gasteiger partial charge on any atom is 0.239 e. The Hall–Kier alpha value is -3.83. The van der Waals surface area contributed by atoms with Gasteiger partial charge < -0.3 is 0 Å². The molecular formula is C33H25BrN2O2. The number of hydrogen-bond acceptors (Lipinski definition) is 3. The molecule has 2 atom stereocenters. The minimum Gasteiger partial charge on any atom is -0.274 e. The molecule has 4 aromatic rings. The quantitative estimate of drug-likeness (QED) is 0.199. The molecule has 38 heavy (non-hydrogen) atoms. The van der Waals surface area contributed by atoms with Gasteiger partial charge in [0.2, 0.25) is 11.8 Å². The highest BCUT2D eigenvalue weighted by Gasteiger charge is 2.67. The molecule has 1 aliphatic heterocycles. The zero-order valence-corrected chi connectivity index (χ0v) is 22.6. The van der Waals surface area contributed by atoms with E-state index in [0.717, 1.165) is 38.0 Å². The van der Waals surface area contributed by atoms with Crippen LogP contribution in [0.1, 0.15) is 39.3 Å². The molecule has 4 aliphatic rings. The standard InChI is InChI=1S/C33H25BrN2O2/c1-19-11-16-27(20(2)17-19)35-18-33-25-9-5-3-7-23(25)28(24-8-4-6-10-26(24)33)29-30(33)32(38)36(31(29)37)22-14-12-21(34)13-15-22/h3-18,28-30H,1-2H3/t28?,29-,30-,33?/m1/s1. The van der Waals surface area contributed by atoms with Crippen molar-refractivity contribution in [1.82, 2.24) is 0 Å². The lowest BCUT2D eigenvalue weighted by atomic mass is 9.47. The van der Waals surface area contributed by atoms with E-state index in [9.17, 15) is 9.59 Å². The van der Waals surface area contributed by atoms with E-state index in [4.69, 9.17) is 4.99 Å². The van der Waals surface area contributed by atoms with Gasteiger partial charge >= 0.3 is 0 Å². The molecule has 2 amide bonds. The predicted molar refractivity (Wildman–Crippen MR) is 153 cm³/mol. The average molecular weight is 561 g/mol. The number of carbonyl (C=O) groups is 2. The van der Waals surface area contributed by atoms with Gasteiger partial charge in [-0.15, -0.1) is 0 Å². The molecule has 0 spiro atoms. The molecule has 4 nitrogen and oxygen atoms in total. The van der Waals surface area contributed by atoms with Crippen molar-refractivity contribution in [3.63, 3.8) is 0 Å². The Bertz CT molecular complexity index is 1630. The first-order valence-corrected chi connectivity index (χ1v) is 13.7. The van der Waals surface area contributed by atoms with Crippen molar-refractivity contribution in [3.8, 4) is 0 Å². The van der Waals surface area contributed by atoms with E-state index in [1.54, 1.807) is 0 Å². The van der Waals surface area contributed by atoms with Crippen molar-refractivity contribution >= 4 is 45.3 Å². The molecule has 2 bridgehead atoms. The Morgan fingerprint density at radius 1 is 0.816 bits per heavy atom. The molecule has 3 aliphatic carbocycles. The number of rotatable bonds is 3. The summed E-state index contributed by atoms with van der Waals surface area (Å²) in [5.41, 5.74) is 7.21. The SMILES string of the molecule is Cc1ccc(N=CC23c4ccccc4C(c4ccccc42)[C@H]2C(=O)N(c4ccc(Br)cc4)C(=O)[C@@H]23)c(C)c1. The van der Waals surface area contributed by atoms with Gasteiger partial charge in [0.1, 0.15) is 0 Å². The Balaban J connectivity index is 1.50. The number of hydrogen-bond donors (Lipinski definition) is 0. The van der Waals surface area contributed by atoms with E-state index in [2.05, 4.69) is 66.2 Å². The van der Waals surface area contributed by atoms with E-state index in [1.165, 1.54) is 10.5 Å². The second-order valence-electron chi connectivity index (χ2n) is 10.6. The Kier molecular flexibility index (Phi) is 5.11. The molecule has 0 N–H and O–H groups in total. The van der Waals surface area contributed by atoms with Crippen LogP contribution in [0.4, 0.5) is 11.4 Å². The van der Waals surface area contributed by atoms with Gasteiger partial charge in [0, 0.05) is 16.6 Å². The van der Waals surface area contributed by atoms with Crippen molar-refractivity contribution in [2.75, 3.05) is 4.90 Å². The predicted octanol–water partition coefficient (Wildman–Crippen LogP) is 7.02. The summed E-state index contributed by atoms with van der Waals surface area (Å²) >= 11 is 3.47. The summed E-state index contributed by atoms with van der Waals surface area (Å²) in [6, 6.07) is 30.2. The van der Waals surface area contributed by atoms with E-state index >= 15 is 0 Å². The fourth-order valence-corrected chi connectivity index (χ4v) is 7.28. The van der Waals surface area contributed by atoms with Gasteiger partial charge in [-0.3, -0.25) is 14.6 Å². The maximum atomic E-state index is 14.4. The van der Waals surface area contributed by atoms with Crippen LogP contribution in [0, 0.1) is 25.7 Å². The average Bonchev–Trinajstić information content (AvgIpc) is 3.19. The number of imide groups is 1. The van der Waals surface area contributed by atoms with Crippen molar-refractivity contribution in [1.29, 1.82) is 0 Å². The summed E-state index contributed by atoms with van der Waals surface area (Å²) in [5.74, 6) is -1.56. The molecule has 4 aromatic carbocycles. The van der Waals surface area contributed by atoms with Crippen LogP contribution in [-0.2, 0) is 15.0 Å². The highest BCUT2D eigenvalue weighted by Crippen LogP contribution is 2.63. The van der Waals surface area contributed by atoms with Gasteiger partial charge in [0.05, 0.1) is 28.6 Å². The van der Waals surface area contributed by atoms with Crippen LogP contribution in [0.2, 0.25) is 0 Å². The van der Waals surface area contributed by atoms with Gasteiger partial charge in [-0.05, 0) is 72.0 Å². The third-order valence-corrected chi connectivity index (χ3v) is 9.06. The van der Waals surface area contributed by atoms with E-state index < -0.39 is 17.3 Å². The van der Waals surface area contributed by atoms with Crippen LogP contribution >= 0.6 is 15.9 Å². The highest BCUT2D eigenvalue weighted by molar-refractivity contribution is 9.10. The zero-order chi connectivity index (χ0) is 26.2. The van der Waals surface area contributed by atoms with Crippen LogP contribution in [0.5, 0.6) is 0 Å². The number of aliphatic imine (C=N–C) groups is 1. The first kappa shape index (κ1) is 23.3. The third kappa shape index (κ3) is 3.05. The van der Waals surface area contributed by atoms with Crippen molar-refractivity contribution in [2.45, 2.75) is 25.2 Å². The lowest BCUT2D eigenvalue weighted by Crippen LogP contribution is -2.54. The first-order chi connectivity index (χ1) is 18.4. The van der Waals surface area contributed by atoms with E-state index in [0.29, 0.717) is 5.69 Å². The van der Waals surface area contributed by atoms with Crippen LogP contribution in [-0.4, -0.2) is 18.0 Å². The van der Waals surface area contributed by atoms with Crippen molar-refractivity contribution in [2.24, 2.45) is 16.8 Å². The molecule has 0 radical (unpaired) electrons. The Morgan fingerprint density at radius 3 is 2.08 bits per heavy atom. The van der Waals surface area contributed by atoms with Gasteiger partial charge in [0.25, 0.3) is 0 Å². The largest absolute Gasteiger partial charge is 0.274 e. The fourth-order valence-electron chi connectivity index (χ4n) is 7.02. The molecule has 1 heterocycles. The first-order valence-electron chi connectivity index (χ1n) is 12.9. The Morgan fingerprint density at radius 2 is 1.45 bits per heavy atom. The molecule has 1 fully saturated rings. The van der Waals surface area contributed by atoms with Gasteiger partial charge in [-0.2, -0.15) is 0 Å². The highest BCUT2D eigenvalue weighted by atomic mass is 79.9. The molecule has 0 saturated carbocycles. The number of nitrogens with zero attached hydrogens (tertiary/aromatic N) is 2. The number of benzene rings is 4. The van der Waals surface area contributed by atoms with Gasteiger partial charge in [-0.25, -0.2) is 4.90 Å². The lowest BCUT2D eigenvalue weighted by molar-refractivity contribution is -0.122. The number of anilines is 1. The minimum atomic E-state index is -0.860. The minimum absolute atomic E-state index is 0.138. The zero-order valence-electron chi connectivity index (χ0n) is 21.1. The van der Waals surface area contributed by atoms with E-state index in [1.807, 2.05) is 60.8 Å². The second-order valence-corrected chi connectivity index (χ2v) is 11.5. The Labute approximate surface area is 230 Å². The van der Waals surface area contributed by atoms with Crippen LogP contribution in [0.15, 0.2) is 100 Å². The summed E-state index contributed by atoms with van der Waals surface area (Å²) < 4.78 is 0.898. The normalized spacial score (nSPS) is 25.0. The molecule has 8 rings (SSSR count). The second kappa shape index (κ2) is 8.34. The van der Waals surface area contributed by atoms with Crippen molar-refractivity contribution < 1.29 is 9.59 Å². The molecule has 5 heteroatoms. The smallest absolute Gasteiger partial charge is 0.239 e. The van der Waals surface area contributed by atoms with E-state index in [-0.39, 0.29) is 17.7 Å². The lowest BCUT2D eigenvalue weighted by Gasteiger charge is -2.52. The van der Waals surface area contributed by atoms with Crippen molar-refractivity contribution in [3.05, 3.63) is 129 Å². The topological polar surface area (TPSA) is 49.7 Å². The maximum absolute atomic E-state index is 14.4. The monoisotopic (exact) mass is 560 g/mol. The summed E-state index contributed by atoms with van der Waals surface area (Å²) in [6.45, 7) is 4.12. The third-order valence-electron chi connectivity index (χ3n) is 8.53. The van der Waals surface area contributed by atoms with Gasteiger partial charge in [-0.1, -0.05) is 82.2 Å². The summed E-state index contributed by atoms with van der Waals surface area (Å²) in [7, 11) is 0. The molecular weight excluding hydrogens is 536 g/mol. The molecule has 1 saturated heterocycles. The van der Waals surface area contributed by atoms with Gasteiger partial charge in [0.15, 0.2) is 0 Å². The number of halogens is 1. The molecule has 186 valence electrons. The molecule has 0 aromatic heterocycles. The fraction of sp³-hybridized carbons (Fsp3) is 0.182. The summed E-state index contributed by atoms with van der Waals surface area (Å²) in [6.07, 6.45) is 1.96. The summed E-state index contributed by atoms with van der Waals surface area (Å²) in [5, 5.41) is 0. The van der Waals surface area contributed by atoms with Crippen LogP contribution in [0.25, 0.3) is 0 Å². The van der Waals surface area contributed by atoms with Crippen LogP contribution < -0.4 is 4.90 Å². The number of amides is 2. The van der Waals surface area contributed by atoms with Crippen LogP contribution in [0.3, 0.4) is 0 Å². The number of carbonyl (C=O) groups excluding carboxylic acids is 2. The number of aryl methyl sites for hydroxylation is 2. The molecule has 0 unspecified atom stereocenters. The summed E-state index contributed by atoms with van der Waals surface area (Å²) in [4.78, 5) is 35.1.